The maximum atomic E-state index is 2.48. The highest BCUT2D eigenvalue weighted by Gasteiger charge is 2.23. The van der Waals surface area contributed by atoms with E-state index in [1.165, 1.54) is 120 Å². The summed E-state index contributed by atoms with van der Waals surface area (Å²) in [5, 5.41) is 4.94. The van der Waals surface area contributed by atoms with Crippen molar-refractivity contribution in [2.24, 2.45) is 0 Å². The molecule has 0 aliphatic heterocycles. The van der Waals surface area contributed by atoms with Crippen molar-refractivity contribution in [1.82, 2.24) is 4.57 Å². The van der Waals surface area contributed by atoms with Crippen LogP contribution in [0.4, 0.5) is 17.1 Å². The summed E-state index contributed by atoms with van der Waals surface area (Å²) >= 11 is 0. The van der Waals surface area contributed by atoms with Gasteiger partial charge in [-0.05, 0) is 129 Å². The van der Waals surface area contributed by atoms with E-state index in [-0.39, 0.29) is 0 Å². The molecular formula is C64H50N2. The predicted octanol–water partition coefficient (Wildman–Crippen LogP) is 18.1. The van der Waals surface area contributed by atoms with E-state index in [9.17, 15) is 0 Å². The molecule has 1 aromatic heterocycles. The second-order valence-corrected chi connectivity index (χ2v) is 17.9. The minimum Gasteiger partial charge on any atom is -0.310 e. The first kappa shape index (κ1) is 39.6. The first-order valence-electron chi connectivity index (χ1n) is 23.6. The Morgan fingerprint density at radius 3 is 1.70 bits per heavy atom. The van der Waals surface area contributed by atoms with Crippen LogP contribution < -0.4 is 4.90 Å². The number of para-hydroxylation sites is 1. The van der Waals surface area contributed by atoms with Crippen LogP contribution >= 0.6 is 0 Å². The Morgan fingerprint density at radius 2 is 0.955 bits per heavy atom. The van der Waals surface area contributed by atoms with Crippen LogP contribution in [0.3, 0.4) is 0 Å². The van der Waals surface area contributed by atoms with Gasteiger partial charge in [0.15, 0.2) is 0 Å². The summed E-state index contributed by atoms with van der Waals surface area (Å²) in [5.41, 5.74) is 18.0. The van der Waals surface area contributed by atoms with E-state index in [1.807, 2.05) is 0 Å². The Kier molecular flexibility index (Phi) is 10.3. The Labute approximate surface area is 387 Å². The zero-order valence-corrected chi connectivity index (χ0v) is 37.0. The number of rotatable bonds is 9. The van der Waals surface area contributed by atoms with Gasteiger partial charge in [-0.2, -0.15) is 0 Å². The predicted molar refractivity (Wildman–Crippen MR) is 281 cm³/mol. The Balaban J connectivity index is 1.06. The van der Waals surface area contributed by atoms with Crippen LogP contribution in [-0.4, -0.2) is 4.57 Å². The molecule has 2 heteroatoms. The Hall–Kier alpha value is -7.94. The molecule has 1 saturated carbocycles. The molecule has 1 fully saturated rings. The van der Waals surface area contributed by atoms with Gasteiger partial charge in [0, 0.05) is 33.4 Å². The molecule has 0 bridgehead atoms. The van der Waals surface area contributed by atoms with Gasteiger partial charge < -0.3 is 9.47 Å². The van der Waals surface area contributed by atoms with Gasteiger partial charge in [-0.3, -0.25) is 0 Å². The lowest BCUT2D eigenvalue weighted by atomic mass is 9.84. The van der Waals surface area contributed by atoms with Crippen LogP contribution in [0.5, 0.6) is 0 Å². The van der Waals surface area contributed by atoms with E-state index >= 15 is 0 Å². The quantitative estimate of drug-likeness (QED) is 0.140. The normalized spacial score (nSPS) is 13.1. The summed E-state index contributed by atoms with van der Waals surface area (Å²) in [7, 11) is 0. The number of fused-ring (bicyclic) bond motifs is 4. The number of aromatic nitrogens is 1. The molecule has 0 N–H and O–H groups in total. The van der Waals surface area contributed by atoms with Crippen LogP contribution in [0, 0.1) is 0 Å². The topological polar surface area (TPSA) is 8.17 Å². The van der Waals surface area contributed by atoms with Crippen LogP contribution in [0.2, 0.25) is 0 Å². The fourth-order valence-electron chi connectivity index (χ4n) is 10.7. The van der Waals surface area contributed by atoms with Crippen molar-refractivity contribution >= 4 is 49.6 Å². The van der Waals surface area contributed by atoms with Crippen LogP contribution in [0.25, 0.3) is 82.8 Å². The molecule has 1 aliphatic rings. The molecule has 12 rings (SSSR count). The Morgan fingerprint density at radius 1 is 0.364 bits per heavy atom. The summed E-state index contributed by atoms with van der Waals surface area (Å²) in [6, 6.07) is 87.3. The SMILES string of the molecule is c1ccc(-c2ccc(-c3ccccc3)c(-c3ccc(N(c4ccc5c6ccccc6n(-c6ccc(C7CCCCC7)cc6)c5c4)c4ccc5ccccc5c4-c4ccccc4)cc3)c2)cc1. The fourth-order valence-corrected chi connectivity index (χ4v) is 10.7. The third kappa shape index (κ3) is 7.25. The van der Waals surface area contributed by atoms with E-state index < -0.39 is 0 Å². The van der Waals surface area contributed by atoms with E-state index in [0.717, 1.165) is 17.1 Å². The first-order valence-corrected chi connectivity index (χ1v) is 23.6. The van der Waals surface area contributed by atoms with Crippen molar-refractivity contribution < 1.29 is 0 Å². The lowest BCUT2D eigenvalue weighted by Crippen LogP contribution is -2.12. The molecular weight excluding hydrogens is 797 g/mol. The number of anilines is 3. The minimum atomic E-state index is 0.663. The van der Waals surface area contributed by atoms with E-state index in [0.29, 0.717) is 5.92 Å². The third-order valence-electron chi connectivity index (χ3n) is 14.0. The maximum absolute atomic E-state index is 2.48. The van der Waals surface area contributed by atoms with Crippen molar-refractivity contribution in [3.8, 4) is 50.2 Å². The van der Waals surface area contributed by atoms with Gasteiger partial charge in [-0.15, -0.1) is 0 Å². The minimum absolute atomic E-state index is 0.663. The van der Waals surface area contributed by atoms with Gasteiger partial charge in [0.2, 0.25) is 0 Å². The second-order valence-electron chi connectivity index (χ2n) is 17.9. The molecule has 0 amide bonds. The van der Waals surface area contributed by atoms with E-state index in [4.69, 9.17) is 0 Å². The third-order valence-corrected chi connectivity index (χ3v) is 14.0. The first-order chi connectivity index (χ1) is 32.7. The molecule has 0 saturated heterocycles. The summed E-state index contributed by atoms with van der Waals surface area (Å²) in [5.74, 6) is 0.663. The maximum Gasteiger partial charge on any atom is 0.0561 e. The molecule has 0 atom stereocenters. The standard InChI is InChI=1S/C64H50N2/c1-5-17-45(18-6-1)47-29-35-54(36-30-47)66-61-28-16-15-27-58(61)59-41-39-55(44-63(59)66)65(62-42-34-49-23-13-14-26-57(49)64(62)51-24-11-4-12-25-51)53-37-31-50(32-38-53)60-43-52(46-19-7-2-8-20-46)33-40-56(60)48-21-9-3-10-22-48/h2-4,7-16,19-45H,1,5-6,17-18H2. The van der Waals surface area contributed by atoms with Crippen molar-refractivity contribution in [2.75, 3.05) is 4.90 Å². The van der Waals surface area contributed by atoms with Gasteiger partial charge in [0.1, 0.15) is 0 Å². The monoisotopic (exact) mass is 846 g/mol. The molecule has 0 spiro atoms. The zero-order valence-electron chi connectivity index (χ0n) is 37.0. The van der Waals surface area contributed by atoms with Crippen molar-refractivity contribution in [2.45, 2.75) is 38.0 Å². The molecule has 2 nitrogen and oxygen atoms in total. The van der Waals surface area contributed by atoms with E-state index in [1.54, 1.807) is 0 Å². The van der Waals surface area contributed by atoms with Crippen molar-refractivity contribution in [3.63, 3.8) is 0 Å². The lowest BCUT2D eigenvalue weighted by Gasteiger charge is -2.29. The summed E-state index contributed by atoms with van der Waals surface area (Å²) in [6.45, 7) is 0. The highest BCUT2D eigenvalue weighted by molar-refractivity contribution is 6.11. The molecule has 11 aromatic rings. The van der Waals surface area contributed by atoms with Crippen molar-refractivity contribution in [3.05, 3.63) is 242 Å². The molecule has 10 aromatic carbocycles. The molecule has 1 aliphatic carbocycles. The highest BCUT2D eigenvalue weighted by atomic mass is 15.1. The molecule has 66 heavy (non-hydrogen) atoms. The fraction of sp³-hybridized carbons (Fsp3) is 0.0938. The number of hydrogen-bond acceptors (Lipinski definition) is 1. The summed E-state index contributed by atoms with van der Waals surface area (Å²) in [4.78, 5) is 2.48. The molecule has 0 unspecified atom stereocenters. The largest absolute Gasteiger partial charge is 0.310 e. The van der Waals surface area contributed by atoms with Gasteiger partial charge in [0.25, 0.3) is 0 Å². The summed E-state index contributed by atoms with van der Waals surface area (Å²) < 4.78 is 2.48. The van der Waals surface area contributed by atoms with Gasteiger partial charge in [0.05, 0.1) is 16.7 Å². The number of benzene rings is 10. The average Bonchev–Trinajstić information content (AvgIpc) is 3.73. The van der Waals surface area contributed by atoms with Crippen LogP contribution in [-0.2, 0) is 0 Å². The van der Waals surface area contributed by atoms with Crippen LogP contribution in [0.1, 0.15) is 43.6 Å². The lowest BCUT2D eigenvalue weighted by molar-refractivity contribution is 0.443. The average molecular weight is 847 g/mol. The summed E-state index contributed by atoms with van der Waals surface area (Å²) in [6.07, 6.45) is 6.62. The van der Waals surface area contributed by atoms with E-state index in [2.05, 4.69) is 246 Å². The molecule has 316 valence electrons. The second kappa shape index (κ2) is 17.2. The van der Waals surface area contributed by atoms with Gasteiger partial charge in [-0.25, -0.2) is 0 Å². The van der Waals surface area contributed by atoms with Crippen molar-refractivity contribution in [1.29, 1.82) is 0 Å². The highest BCUT2D eigenvalue weighted by Crippen LogP contribution is 2.47. The molecule has 0 radical (unpaired) electrons. The van der Waals surface area contributed by atoms with Gasteiger partial charge >= 0.3 is 0 Å². The molecule has 1 heterocycles. The number of hydrogen-bond donors (Lipinski definition) is 0. The number of nitrogens with zero attached hydrogens (tertiary/aromatic N) is 2. The Bertz CT molecular complexity index is 3470. The zero-order chi connectivity index (χ0) is 43.8. The smallest absolute Gasteiger partial charge is 0.0561 e. The van der Waals surface area contributed by atoms with Crippen LogP contribution in [0.15, 0.2) is 237 Å². The van der Waals surface area contributed by atoms with Gasteiger partial charge in [-0.1, -0.05) is 201 Å².